The van der Waals surface area contributed by atoms with E-state index in [1.807, 2.05) is 27.7 Å². The quantitative estimate of drug-likeness (QED) is 0.0457. The van der Waals surface area contributed by atoms with E-state index in [-0.39, 0.29) is 76.3 Å². The molecule has 14 atom stereocenters. The van der Waals surface area contributed by atoms with Crippen molar-refractivity contribution < 1.29 is 95.4 Å². The summed E-state index contributed by atoms with van der Waals surface area (Å²) >= 11 is 0. The monoisotopic (exact) mass is 1520 g/mol. The first-order chi connectivity index (χ1) is 50.5. The number of rotatable bonds is 26. The van der Waals surface area contributed by atoms with Crippen LogP contribution in [0.15, 0.2) is 60.7 Å². The van der Waals surface area contributed by atoms with Crippen LogP contribution in [0.2, 0.25) is 0 Å². The Morgan fingerprint density at radius 1 is 0.435 bits per heavy atom. The van der Waals surface area contributed by atoms with E-state index in [2.05, 4.69) is 63.8 Å². The van der Waals surface area contributed by atoms with E-state index in [4.69, 9.17) is 37.9 Å². The maximum absolute atomic E-state index is 15.2. The third-order valence-corrected chi connectivity index (χ3v) is 17.1. The molecule has 0 radical (unpaired) electrons. The number of hydrogen-bond acceptors (Lipinski definition) is 20. The van der Waals surface area contributed by atoms with Crippen molar-refractivity contribution in [3.8, 4) is 0 Å². The minimum Gasteiger partial charge on any atom is -0.444 e. The predicted octanol–water partition coefficient (Wildman–Crippen LogP) is 4.46. The minimum atomic E-state index is -1.64. The normalized spacial score (nSPS) is 24.1. The second-order valence-corrected chi connectivity index (χ2v) is 32.3. The van der Waals surface area contributed by atoms with Crippen molar-refractivity contribution in [2.45, 2.75) is 282 Å². The average molecular weight is 1520 g/mol. The van der Waals surface area contributed by atoms with E-state index in [0.717, 1.165) is 0 Å². The zero-order valence-electron chi connectivity index (χ0n) is 66.1. The van der Waals surface area contributed by atoms with Gasteiger partial charge in [-0.1, -0.05) is 88.4 Å². The molecule has 5 rings (SSSR count). The lowest BCUT2D eigenvalue weighted by atomic mass is 9.99. The maximum Gasteiger partial charge on any atom is 0.408 e. The fourth-order valence-corrected chi connectivity index (χ4v) is 12.3. The van der Waals surface area contributed by atoms with Gasteiger partial charge in [0.2, 0.25) is 35.4 Å². The van der Waals surface area contributed by atoms with Crippen molar-refractivity contribution in [1.82, 2.24) is 63.8 Å². The predicted molar refractivity (Wildman–Crippen MR) is 398 cm³/mol. The Bertz CT molecular complexity index is 3100. The van der Waals surface area contributed by atoms with E-state index in [9.17, 15) is 38.4 Å². The standard InChI is InChI=1S/C76H120N12O20/c1-43(2)37-49-61(89)79-41-53-55(87-63(91)47(85-71(99)107-75(11,12)13)33-25-27-35-77-69(97)105-73(5,6)7)57(101-17)60(103-53)68(96)84-52(40-46-31-23-20-24-32-46)66(94)82-50(38-44(3)4)62(90)80-42-54-56(58(102-18)59(104-54)67(95)83-51(65(93)81-49)39-45-29-21-19-22-30-45)88-64(92)48(86-72(100)108-76(14,15)16)34-26-28-36-78-70(98)106-74(8,9)10/h19-24,29-32,43-44,47-60H,25-28,33-42H2,1-18H3,(H,77,97)(H,78,98)(H,79,89)(H,80,90)(H,81,93)(H,82,94)(H,83,95)(H,84,96)(H,85,99)(H,86,100)(H,87,91)(H,88,92)/t47-,48+,49-,50-,51-,52-,53+,54+,55+,56+,57+,58+,59+,60+/m0/s1. The van der Waals surface area contributed by atoms with E-state index in [0.29, 0.717) is 24.0 Å². The average Bonchev–Trinajstić information content (AvgIpc) is 1.65. The van der Waals surface area contributed by atoms with Gasteiger partial charge in [-0.3, -0.25) is 38.4 Å². The molecular formula is C76H120N12O20. The van der Waals surface area contributed by atoms with Gasteiger partial charge in [0, 0.05) is 53.2 Å². The van der Waals surface area contributed by atoms with E-state index >= 15 is 19.2 Å². The highest BCUT2D eigenvalue weighted by Crippen LogP contribution is 2.28. The molecule has 604 valence electrons. The van der Waals surface area contributed by atoms with Gasteiger partial charge < -0.3 is 102 Å². The van der Waals surface area contributed by atoms with Crippen LogP contribution >= 0.6 is 0 Å². The van der Waals surface area contributed by atoms with Gasteiger partial charge in [-0.05, 0) is 157 Å². The smallest absolute Gasteiger partial charge is 0.408 e. The first kappa shape index (κ1) is 89.7. The molecule has 0 unspecified atom stereocenters. The summed E-state index contributed by atoms with van der Waals surface area (Å²) in [5.74, 6) is -6.99. The van der Waals surface area contributed by atoms with Crippen LogP contribution in [-0.4, -0.2) is 219 Å². The Morgan fingerprint density at radius 2 is 0.750 bits per heavy atom. The van der Waals surface area contributed by atoms with Gasteiger partial charge in [0.25, 0.3) is 11.8 Å². The van der Waals surface area contributed by atoms with Crippen molar-refractivity contribution in [2.75, 3.05) is 40.4 Å². The summed E-state index contributed by atoms with van der Waals surface area (Å²) in [6.07, 6.45) is -10.8. The molecule has 4 bridgehead atoms. The summed E-state index contributed by atoms with van der Waals surface area (Å²) in [4.78, 5) is 172. The van der Waals surface area contributed by atoms with Crippen molar-refractivity contribution in [2.24, 2.45) is 11.8 Å². The van der Waals surface area contributed by atoms with Gasteiger partial charge in [-0.2, -0.15) is 0 Å². The lowest BCUT2D eigenvalue weighted by molar-refractivity contribution is -0.141. The highest BCUT2D eigenvalue weighted by molar-refractivity contribution is 5.95. The van der Waals surface area contributed by atoms with Gasteiger partial charge in [0.15, 0.2) is 12.2 Å². The van der Waals surface area contributed by atoms with Crippen LogP contribution in [0.25, 0.3) is 0 Å². The fourth-order valence-electron chi connectivity index (χ4n) is 12.3. The third-order valence-electron chi connectivity index (χ3n) is 17.1. The summed E-state index contributed by atoms with van der Waals surface area (Å²) in [5, 5.41) is 33.5. The summed E-state index contributed by atoms with van der Waals surface area (Å²) in [7, 11) is 2.54. The molecule has 12 amide bonds. The number of nitrogens with one attached hydrogen (secondary N) is 12. The molecule has 3 fully saturated rings. The molecule has 3 heterocycles. The number of hydrogen-bond donors (Lipinski definition) is 12. The lowest BCUT2D eigenvalue weighted by Crippen LogP contribution is -2.60. The number of carbonyl (C=O) groups is 12. The second kappa shape index (κ2) is 41.6. The van der Waals surface area contributed by atoms with E-state index < -0.39 is 192 Å². The summed E-state index contributed by atoms with van der Waals surface area (Å²) in [5.41, 5.74) is -2.30. The molecule has 3 saturated heterocycles. The highest BCUT2D eigenvalue weighted by atomic mass is 16.6. The van der Waals surface area contributed by atoms with E-state index in [1.54, 1.807) is 144 Å². The lowest BCUT2D eigenvalue weighted by Gasteiger charge is -2.29. The molecule has 3 aliphatic rings. The molecular weight excluding hydrogens is 1400 g/mol. The zero-order valence-corrected chi connectivity index (χ0v) is 66.1. The van der Waals surface area contributed by atoms with Gasteiger partial charge in [0.05, 0.1) is 24.3 Å². The molecule has 32 nitrogen and oxygen atoms in total. The minimum absolute atomic E-state index is 0.00423. The SMILES string of the molecule is CO[C@@H]1[C@H](NC(=O)[C@H](CCCCNC(=O)OC(C)(C)C)NC(=O)OC(C)(C)C)[C@H]2CNC(=O)[C@H](CC(C)C)NC(=O)[C@H](Cc3ccccc3)NC(=O)[C@@H]3O[C@H](CNC(=O)[C@H](CC(C)C)NC(=O)[C@H](Cc4ccccc4)NC(=O)[C@@H]1O2)[C@@H](NC(=O)[C@@H](CCCCNC(=O)OC(C)(C)C)NC(=O)OC(C)(C)C)[C@H]3OC. The van der Waals surface area contributed by atoms with Crippen LogP contribution in [0.4, 0.5) is 19.2 Å². The molecule has 0 spiro atoms. The van der Waals surface area contributed by atoms with Crippen LogP contribution in [0, 0.1) is 11.8 Å². The topological polar surface area (TPSA) is 423 Å². The van der Waals surface area contributed by atoms with Crippen LogP contribution < -0.4 is 63.8 Å². The fraction of sp³-hybridized carbons (Fsp3) is 0.684. The number of unbranched alkanes of at least 4 members (excludes halogenated alkanes) is 2. The number of ether oxygens (including phenoxy) is 8. The Labute approximate surface area is 634 Å². The van der Waals surface area contributed by atoms with Crippen LogP contribution in [0.5, 0.6) is 0 Å². The molecule has 0 aromatic heterocycles. The number of amides is 12. The van der Waals surface area contributed by atoms with Gasteiger partial charge in [0.1, 0.15) is 70.9 Å². The number of alkyl carbamates (subject to hydrolysis) is 4. The Hall–Kier alpha value is -8.88. The first-order valence-corrected chi connectivity index (χ1v) is 37.3. The van der Waals surface area contributed by atoms with Crippen molar-refractivity contribution in [3.63, 3.8) is 0 Å². The van der Waals surface area contributed by atoms with Crippen molar-refractivity contribution in [3.05, 3.63) is 71.8 Å². The van der Waals surface area contributed by atoms with Crippen molar-refractivity contribution >= 4 is 71.6 Å². The number of carbonyl (C=O) groups excluding carboxylic acids is 12. The molecule has 108 heavy (non-hydrogen) atoms. The van der Waals surface area contributed by atoms with E-state index in [1.165, 1.54) is 14.2 Å². The Kier molecular flexibility index (Phi) is 34.6. The first-order valence-electron chi connectivity index (χ1n) is 37.3. The van der Waals surface area contributed by atoms with Gasteiger partial charge in [-0.25, -0.2) is 19.2 Å². The molecule has 3 aliphatic heterocycles. The number of benzene rings is 2. The molecule has 12 N–H and O–H groups in total. The second-order valence-electron chi connectivity index (χ2n) is 32.3. The summed E-state index contributed by atoms with van der Waals surface area (Å²) < 4.78 is 47.0. The molecule has 0 saturated carbocycles. The number of fused-ring (bicyclic) bond motifs is 4. The van der Waals surface area contributed by atoms with Crippen LogP contribution in [0.3, 0.4) is 0 Å². The molecule has 32 heteroatoms. The van der Waals surface area contributed by atoms with Gasteiger partial charge in [-0.15, -0.1) is 0 Å². The molecule has 0 aliphatic carbocycles. The third kappa shape index (κ3) is 31.4. The van der Waals surface area contributed by atoms with Gasteiger partial charge >= 0.3 is 24.4 Å². The molecule has 2 aromatic rings. The summed E-state index contributed by atoms with van der Waals surface area (Å²) in [6.45, 7) is 26.9. The largest absolute Gasteiger partial charge is 0.444 e. The zero-order chi connectivity index (χ0) is 80.4. The summed E-state index contributed by atoms with van der Waals surface area (Å²) in [6, 6.07) is 6.64. The molecule has 2 aromatic carbocycles. The van der Waals surface area contributed by atoms with Crippen LogP contribution in [-0.2, 0) is 89.1 Å². The van der Waals surface area contributed by atoms with Crippen LogP contribution in [0.1, 0.15) is 173 Å². The highest BCUT2D eigenvalue weighted by Gasteiger charge is 2.52. The Morgan fingerprint density at radius 3 is 1.06 bits per heavy atom. The number of methoxy groups -OCH3 is 2. The van der Waals surface area contributed by atoms with Crippen molar-refractivity contribution in [1.29, 1.82) is 0 Å². The maximum atomic E-state index is 15.2. The Balaban J connectivity index is 1.61.